The van der Waals surface area contributed by atoms with Gasteiger partial charge in [0, 0.05) is 23.4 Å². The first kappa shape index (κ1) is 20.1. The summed E-state index contributed by atoms with van der Waals surface area (Å²) < 4.78 is 10.9. The second-order valence-electron chi connectivity index (χ2n) is 7.04. The van der Waals surface area contributed by atoms with Gasteiger partial charge in [-0.25, -0.2) is 4.98 Å². The number of benzene rings is 3. The van der Waals surface area contributed by atoms with Gasteiger partial charge in [0.1, 0.15) is 5.52 Å². The molecule has 1 aromatic heterocycles. The van der Waals surface area contributed by atoms with Crippen LogP contribution in [0.5, 0.6) is 11.5 Å². The number of nitro groups is 1. The number of aromatic hydroxyl groups is 1. The van der Waals surface area contributed by atoms with Crippen LogP contribution < -0.4 is 4.74 Å². The summed E-state index contributed by atoms with van der Waals surface area (Å²) in [6.45, 7) is 3.88. The molecule has 0 aliphatic rings. The van der Waals surface area contributed by atoms with E-state index in [2.05, 4.69) is 9.98 Å². The fraction of sp³-hybridized carbons (Fsp3) is 0.130. The molecule has 0 bridgehead atoms. The Morgan fingerprint density at radius 3 is 2.74 bits per heavy atom. The highest BCUT2D eigenvalue weighted by atomic mass is 16.6. The predicted octanol–water partition coefficient (Wildman–Crippen LogP) is 5.48. The third kappa shape index (κ3) is 3.83. The Kier molecular flexibility index (Phi) is 5.12. The van der Waals surface area contributed by atoms with Crippen molar-refractivity contribution in [3.8, 4) is 23.0 Å². The summed E-state index contributed by atoms with van der Waals surface area (Å²) in [5.41, 5.74) is 4.75. The van der Waals surface area contributed by atoms with E-state index >= 15 is 0 Å². The van der Waals surface area contributed by atoms with Crippen LogP contribution in [0.25, 0.3) is 22.6 Å². The maximum absolute atomic E-state index is 11.2. The maximum Gasteiger partial charge on any atom is 0.274 e. The van der Waals surface area contributed by atoms with Crippen molar-refractivity contribution in [2.45, 2.75) is 13.8 Å². The molecule has 8 nitrogen and oxygen atoms in total. The summed E-state index contributed by atoms with van der Waals surface area (Å²) >= 11 is 0. The van der Waals surface area contributed by atoms with Crippen molar-refractivity contribution < 1.29 is 19.2 Å². The van der Waals surface area contributed by atoms with Crippen molar-refractivity contribution in [1.82, 2.24) is 4.98 Å². The van der Waals surface area contributed by atoms with Crippen LogP contribution in [0.2, 0.25) is 0 Å². The zero-order valence-electron chi connectivity index (χ0n) is 17.1. The van der Waals surface area contributed by atoms with Crippen LogP contribution in [0, 0.1) is 24.0 Å². The summed E-state index contributed by atoms with van der Waals surface area (Å²) in [6, 6.07) is 13.7. The van der Waals surface area contributed by atoms with Crippen molar-refractivity contribution in [2.24, 2.45) is 4.99 Å². The number of aliphatic imine (C=N–C) groups is 1. The lowest BCUT2D eigenvalue weighted by molar-refractivity contribution is -0.385. The Morgan fingerprint density at radius 2 is 2.00 bits per heavy atom. The molecule has 0 aliphatic carbocycles. The highest BCUT2D eigenvalue weighted by molar-refractivity contribution is 5.89. The molecule has 0 saturated carbocycles. The number of hydrogen-bond donors (Lipinski definition) is 1. The van der Waals surface area contributed by atoms with Crippen LogP contribution in [0.4, 0.5) is 11.4 Å². The summed E-state index contributed by atoms with van der Waals surface area (Å²) in [6.07, 6.45) is 1.37. The molecule has 0 radical (unpaired) electrons. The molecule has 0 aliphatic heterocycles. The molecule has 8 heteroatoms. The number of hydrogen-bond acceptors (Lipinski definition) is 7. The van der Waals surface area contributed by atoms with E-state index in [0.29, 0.717) is 17.2 Å². The number of phenolic OH excluding ortho intramolecular Hbond substituents is 1. The molecule has 4 aromatic rings. The molecule has 31 heavy (non-hydrogen) atoms. The Balaban J connectivity index is 1.74. The lowest BCUT2D eigenvalue weighted by Crippen LogP contribution is -1.94. The zero-order chi connectivity index (χ0) is 22.1. The van der Waals surface area contributed by atoms with Gasteiger partial charge >= 0.3 is 0 Å². The molecular formula is C23H19N3O5. The quantitative estimate of drug-likeness (QED) is 0.261. The molecule has 0 amide bonds. The van der Waals surface area contributed by atoms with Crippen molar-refractivity contribution in [2.75, 3.05) is 7.11 Å². The van der Waals surface area contributed by atoms with Gasteiger partial charge in [-0.05, 0) is 49.2 Å². The SMILES string of the molecule is COc1cc([N+](=O)[O-])cc(C=Nc2cccc(-c3nc4cc(C)ccc4o3)c2C)c1O. The third-order valence-electron chi connectivity index (χ3n) is 4.94. The largest absolute Gasteiger partial charge is 0.504 e. The Hall–Kier alpha value is -4.20. The van der Waals surface area contributed by atoms with E-state index in [9.17, 15) is 15.2 Å². The van der Waals surface area contributed by atoms with E-state index in [1.165, 1.54) is 19.4 Å². The second kappa shape index (κ2) is 7.91. The number of ether oxygens (including phenoxy) is 1. The average molecular weight is 417 g/mol. The van der Waals surface area contributed by atoms with Crippen molar-refractivity contribution in [1.29, 1.82) is 0 Å². The third-order valence-corrected chi connectivity index (χ3v) is 4.94. The molecule has 3 aromatic carbocycles. The lowest BCUT2D eigenvalue weighted by atomic mass is 10.1. The van der Waals surface area contributed by atoms with Crippen LogP contribution in [0.3, 0.4) is 0 Å². The van der Waals surface area contributed by atoms with Crippen molar-refractivity contribution in [3.63, 3.8) is 0 Å². The standard InChI is InChI=1S/C23H19N3O5/c1-13-7-8-20-19(9-13)25-23(31-20)17-5-4-6-18(14(17)2)24-12-15-10-16(26(28)29)11-21(30-3)22(15)27/h4-12,27H,1-3H3. The number of oxazole rings is 1. The summed E-state index contributed by atoms with van der Waals surface area (Å²) in [7, 11) is 1.33. The van der Waals surface area contributed by atoms with Crippen molar-refractivity contribution >= 4 is 28.7 Å². The van der Waals surface area contributed by atoms with E-state index in [4.69, 9.17) is 9.15 Å². The van der Waals surface area contributed by atoms with Crippen LogP contribution in [0.1, 0.15) is 16.7 Å². The number of phenols is 1. The number of aromatic nitrogens is 1. The maximum atomic E-state index is 11.2. The van der Waals surface area contributed by atoms with Gasteiger partial charge in [-0.2, -0.15) is 0 Å². The normalized spacial score (nSPS) is 11.3. The van der Waals surface area contributed by atoms with Crippen LogP contribution in [-0.2, 0) is 0 Å². The fourth-order valence-electron chi connectivity index (χ4n) is 3.26. The highest BCUT2D eigenvalue weighted by Crippen LogP contribution is 2.35. The first-order valence-electron chi connectivity index (χ1n) is 9.44. The first-order chi connectivity index (χ1) is 14.9. The molecule has 0 atom stereocenters. The Morgan fingerprint density at radius 1 is 1.19 bits per heavy atom. The van der Waals surface area contributed by atoms with Crippen LogP contribution in [0.15, 0.2) is 57.9 Å². The van der Waals surface area contributed by atoms with Crippen molar-refractivity contribution in [3.05, 3.63) is 75.3 Å². The van der Waals surface area contributed by atoms with E-state index < -0.39 is 4.92 Å². The van der Waals surface area contributed by atoms with Gasteiger partial charge in [-0.3, -0.25) is 15.1 Å². The van der Waals surface area contributed by atoms with E-state index in [0.717, 1.165) is 28.3 Å². The van der Waals surface area contributed by atoms with Gasteiger partial charge in [0.25, 0.3) is 5.69 Å². The number of rotatable bonds is 5. The van der Waals surface area contributed by atoms with Gasteiger partial charge in [-0.15, -0.1) is 0 Å². The predicted molar refractivity (Wildman–Crippen MR) is 117 cm³/mol. The number of nitro benzene ring substituents is 1. The summed E-state index contributed by atoms with van der Waals surface area (Å²) in [5.74, 6) is 0.262. The van der Waals surface area contributed by atoms with E-state index in [1.807, 2.05) is 44.2 Å². The molecule has 0 unspecified atom stereocenters. The molecular weight excluding hydrogens is 398 g/mol. The number of methoxy groups -OCH3 is 1. The second-order valence-corrected chi connectivity index (χ2v) is 7.04. The highest BCUT2D eigenvalue weighted by Gasteiger charge is 2.16. The molecule has 1 N–H and O–H groups in total. The topological polar surface area (TPSA) is 111 Å². The molecule has 0 saturated heterocycles. The van der Waals surface area contributed by atoms with Gasteiger partial charge < -0.3 is 14.3 Å². The smallest absolute Gasteiger partial charge is 0.274 e. The number of nitrogens with zero attached hydrogens (tertiary/aromatic N) is 3. The lowest BCUT2D eigenvalue weighted by Gasteiger charge is -2.07. The average Bonchev–Trinajstić information content (AvgIpc) is 3.16. The number of aryl methyl sites for hydroxylation is 1. The molecule has 4 rings (SSSR count). The first-order valence-corrected chi connectivity index (χ1v) is 9.44. The van der Waals surface area contributed by atoms with Gasteiger partial charge in [-0.1, -0.05) is 12.1 Å². The summed E-state index contributed by atoms with van der Waals surface area (Å²) in [5, 5.41) is 21.5. The van der Waals surface area contributed by atoms with E-state index in [-0.39, 0.29) is 22.7 Å². The van der Waals surface area contributed by atoms with Gasteiger partial charge in [0.05, 0.1) is 23.8 Å². The molecule has 0 fully saturated rings. The minimum Gasteiger partial charge on any atom is -0.504 e. The molecule has 0 spiro atoms. The number of non-ortho nitro benzene ring substituents is 1. The van der Waals surface area contributed by atoms with Gasteiger partial charge in [0.15, 0.2) is 17.1 Å². The minimum absolute atomic E-state index is 0.00268. The monoisotopic (exact) mass is 417 g/mol. The Labute approximate surface area is 177 Å². The van der Waals surface area contributed by atoms with Crippen LogP contribution in [-0.4, -0.2) is 28.3 Å². The Bertz CT molecular complexity index is 1340. The van der Waals surface area contributed by atoms with E-state index in [1.54, 1.807) is 6.07 Å². The fourth-order valence-corrected chi connectivity index (χ4v) is 3.26. The molecule has 1 heterocycles. The minimum atomic E-state index is -0.555. The summed E-state index contributed by atoms with van der Waals surface area (Å²) in [4.78, 5) is 19.6. The van der Waals surface area contributed by atoms with Gasteiger partial charge in [0.2, 0.25) is 5.89 Å². The zero-order valence-corrected chi connectivity index (χ0v) is 17.1. The van der Waals surface area contributed by atoms with Crippen LogP contribution >= 0.6 is 0 Å². The molecule has 156 valence electrons. The number of fused-ring (bicyclic) bond motifs is 1.